The molecule has 0 unspecified atom stereocenters. The van der Waals surface area contributed by atoms with Gasteiger partial charge in [-0.15, -0.1) is 0 Å². The molecule has 1 N–H and O–H groups in total. The maximum atomic E-state index is 4.73. The molecule has 0 aliphatic rings. The highest BCUT2D eigenvalue weighted by Crippen LogP contribution is 2.16. The predicted molar refractivity (Wildman–Crippen MR) is 81.8 cm³/mol. The number of pyridine rings is 1. The third kappa shape index (κ3) is 2.50. The molecule has 2 aromatic heterocycles. The fraction of sp³-hybridized carbons (Fsp3) is 0.250. The van der Waals surface area contributed by atoms with E-state index in [-0.39, 0.29) is 0 Å². The molecule has 0 atom stereocenters. The quantitative estimate of drug-likeness (QED) is 0.771. The van der Waals surface area contributed by atoms with Crippen LogP contribution in [0.1, 0.15) is 12.7 Å². The third-order valence-corrected chi connectivity index (χ3v) is 3.41. The number of hydrogen-bond acceptors (Lipinski definition) is 3. The summed E-state index contributed by atoms with van der Waals surface area (Å²) in [7, 11) is 0. The van der Waals surface area contributed by atoms with Crippen LogP contribution in [0.15, 0.2) is 48.8 Å². The van der Waals surface area contributed by atoms with Gasteiger partial charge in [0, 0.05) is 37.6 Å². The molecule has 0 radical (unpaired) electrons. The Kier molecular flexibility index (Phi) is 3.63. The number of nitrogens with zero attached hydrogens (tertiary/aromatic N) is 3. The fourth-order valence-electron chi connectivity index (χ4n) is 2.46. The molecule has 0 aliphatic heterocycles. The SMILES string of the molecule is CCn1c(CCNc2ccncc2)nc2ccccc21. The molecule has 0 fully saturated rings. The highest BCUT2D eigenvalue weighted by Gasteiger charge is 2.08. The van der Waals surface area contributed by atoms with Crippen LogP contribution >= 0.6 is 0 Å². The molecule has 1 aromatic carbocycles. The first-order valence-electron chi connectivity index (χ1n) is 6.96. The summed E-state index contributed by atoms with van der Waals surface area (Å²) in [4.78, 5) is 8.74. The summed E-state index contributed by atoms with van der Waals surface area (Å²) in [6.45, 7) is 3.98. The Morgan fingerprint density at radius 3 is 2.70 bits per heavy atom. The molecule has 102 valence electrons. The molecular weight excluding hydrogens is 248 g/mol. The Morgan fingerprint density at radius 2 is 1.90 bits per heavy atom. The molecular formula is C16H18N4. The minimum absolute atomic E-state index is 0.868. The molecule has 0 aliphatic carbocycles. The van der Waals surface area contributed by atoms with E-state index in [4.69, 9.17) is 4.98 Å². The van der Waals surface area contributed by atoms with Gasteiger partial charge in [-0.2, -0.15) is 0 Å². The van der Waals surface area contributed by atoms with Crippen molar-refractivity contribution in [2.45, 2.75) is 19.9 Å². The van der Waals surface area contributed by atoms with Crippen molar-refractivity contribution in [3.63, 3.8) is 0 Å². The molecule has 0 saturated carbocycles. The van der Waals surface area contributed by atoms with Crippen molar-refractivity contribution in [2.24, 2.45) is 0 Å². The first kappa shape index (κ1) is 12.7. The summed E-state index contributed by atoms with van der Waals surface area (Å²) in [5, 5.41) is 3.40. The van der Waals surface area contributed by atoms with Gasteiger partial charge >= 0.3 is 0 Å². The van der Waals surface area contributed by atoms with Crippen molar-refractivity contribution in [1.82, 2.24) is 14.5 Å². The van der Waals surface area contributed by atoms with Crippen molar-refractivity contribution in [3.05, 3.63) is 54.6 Å². The lowest BCUT2D eigenvalue weighted by Crippen LogP contribution is -2.10. The number of imidazole rings is 1. The molecule has 4 nitrogen and oxygen atoms in total. The average Bonchev–Trinajstić information content (AvgIpc) is 2.86. The van der Waals surface area contributed by atoms with Gasteiger partial charge in [0.05, 0.1) is 11.0 Å². The second kappa shape index (κ2) is 5.74. The molecule has 20 heavy (non-hydrogen) atoms. The smallest absolute Gasteiger partial charge is 0.111 e. The Hall–Kier alpha value is -2.36. The van der Waals surface area contributed by atoms with Crippen LogP contribution in [0.25, 0.3) is 11.0 Å². The summed E-state index contributed by atoms with van der Waals surface area (Å²) < 4.78 is 2.28. The minimum Gasteiger partial charge on any atom is -0.385 e. The van der Waals surface area contributed by atoms with Crippen LogP contribution in [0.5, 0.6) is 0 Å². The maximum absolute atomic E-state index is 4.73. The van der Waals surface area contributed by atoms with Gasteiger partial charge in [-0.3, -0.25) is 4.98 Å². The van der Waals surface area contributed by atoms with Crippen molar-refractivity contribution in [1.29, 1.82) is 0 Å². The zero-order valence-electron chi connectivity index (χ0n) is 11.6. The number of rotatable bonds is 5. The lowest BCUT2D eigenvalue weighted by Gasteiger charge is -2.08. The van der Waals surface area contributed by atoms with E-state index in [0.29, 0.717) is 0 Å². The van der Waals surface area contributed by atoms with E-state index in [0.717, 1.165) is 36.5 Å². The number of benzene rings is 1. The zero-order valence-corrected chi connectivity index (χ0v) is 11.6. The van der Waals surface area contributed by atoms with E-state index < -0.39 is 0 Å². The highest BCUT2D eigenvalue weighted by molar-refractivity contribution is 5.75. The van der Waals surface area contributed by atoms with Crippen LogP contribution in [0.4, 0.5) is 5.69 Å². The molecule has 2 heterocycles. The number of hydrogen-bond donors (Lipinski definition) is 1. The van der Waals surface area contributed by atoms with Crippen molar-refractivity contribution in [2.75, 3.05) is 11.9 Å². The zero-order chi connectivity index (χ0) is 13.8. The van der Waals surface area contributed by atoms with Gasteiger partial charge < -0.3 is 9.88 Å². The maximum Gasteiger partial charge on any atom is 0.111 e. The van der Waals surface area contributed by atoms with E-state index in [1.54, 1.807) is 12.4 Å². The molecule has 0 spiro atoms. The van der Waals surface area contributed by atoms with Gasteiger partial charge in [-0.1, -0.05) is 12.1 Å². The van der Waals surface area contributed by atoms with Gasteiger partial charge in [-0.05, 0) is 31.2 Å². The highest BCUT2D eigenvalue weighted by atomic mass is 15.1. The number of anilines is 1. The topological polar surface area (TPSA) is 42.7 Å². The Morgan fingerprint density at radius 1 is 1.10 bits per heavy atom. The molecule has 3 aromatic rings. The van der Waals surface area contributed by atoms with E-state index in [1.165, 1.54) is 5.52 Å². The van der Waals surface area contributed by atoms with Crippen molar-refractivity contribution >= 4 is 16.7 Å². The summed E-state index contributed by atoms with van der Waals surface area (Å²) in [6, 6.07) is 12.3. The van der Waals surface area contributed by atoms with Crippen LogP contribution in [-0.4, -0.2) is 21.1 Å². The summed E-state index contributed by atoms with van der Waals surface area (Å²) >= 11 is 0. The third-order valence-electron chi connectivity index (χ3n) is 3.41. The number of para-hydroxylation sites is 2. The number of fused-ring (bicyclic) bond motifs is 1. The standard InChI is InChI=1S/C16H18N4/c1-2-20-15-6-4-3-5-14(15)19-16(20)9-12-18-13-7-10-17-11-8-13/h3-8,10-11H,2,9,12H2,1H3,(H,17,18). The van der Waals surface area contributed by atoms with Crippen LogP contribution in [0.2, 0.25) is 0 Å². The van der Waals surface area contributed by atoms with Gasteiger partial charge in [0.25, 0.3) is 0 Å². The first-order chi connectivity index (χ1) is 9.88. The lowest BCUT2D eigenvalue weighted by atomic mass is 10.3. The van der Waals surface area contributed by atoms with Crippen LogP contribution in [-0.2, 0) is 13.0 Å². The second-order valence-electron chi connectivity index (χ2n) is 4.67. The van der Waals surface area contributed by atoms with Gasteiger partial charge in [0.1, 0.15) is 5.82 Å². The monoisotopic (exact) mass is 266 g/mol. The summed E-state index contributed by atoms with van der Waals surface area (Å²) in [5.41, 5.74) is 3.39. The van der Waals surface area contributed by atoms with Crippen molar-refractivity contribution < 1.29 is 0 Å². The molecule has 0 saturated heterocycles. The van der Waals surface area contributed by atoms with Crippen LogP contribution in [0, 0.1) is 0 Å². The number of aromatic nitrogens is 3. The molecule has 3 rings (SSSR count). The van der Waals surface area contributed by atoms with E-state index in [9.17, 15) is 0 Å². The number of aryl methyl sites for hydroxylation is 1. The van der Waals surface area contributed by atoms with Crippen LogP contribution < -0.4 is 5.32 Å². The lowest BCUT2D eigenvalue weighted by molar-refractivity contribution is 0.717. The van der Waals surface area contributed by atoms with Gasteiger partial charge in [0.2, 0.25) is 0 Å². The Bertz CT molecular complexity index is 688. The van der Waals surface area contributed by atoms with E-state index in [2.05, 4.69) is 40.0 Å². The van der Waals surface area contributed by atoms with Crippen LogP contribution in [0.3, 0.4) is 0 Å². The number of nitrogens with one attached hydrogen (secondary N) is 1. The fourth-order valence-corrected chi connectivity index (χ4v) is 2.46. The Labute approximate surface area is 118 Å². The largest absolute Gasteiger partial charge is 0.385 e. The van der Waals surface area contributed by atoms with Gasteiger partial charge in [-0.25, -0.2) is 4.98 Å². The summed E-state index contributed by atoms with van der Waals surface area (Å²) in [5.74, 6) is 1.13. The van der Waals surface area contributed by atoms with E-state index in [1.807, 2.05) is 18.2 Å². The van der Waals surface area contributed by atoms with Gasteiger partial charge in [0.15, 0.2) is 0 Å². The molecule has 4 heteroatoms. The first-order valence-corrected chi connectivity index (χ1v) is 6.96. The second-order valence-corrected chi connectivity index (χ2v) is 4.67. The van der Waals surface area contributed by atoms with E-state index >= 15 is 0 Å². The Balaban J connectivity index is 1.74. The molecule has 0 amide bonds. The predicted octanol–water partition coefficient (Wildman–Crippen LogP) is 3.11. The normalized spacial score (nSPS) is 10.8. The minimum atomic E-state index is 0.868. The van der Waals surface area contributed by atoms with Crippen molar-refractivity contribution in [3.8, 4) is 0 Å². The summed E-state index contributed by atoms with van der Waals surface area (Å²) in [6.07, 6.45) is 4.50. The average molecular weight is 266 g/mol. The molecule has 0 bridgehead atoms.